The number of aliphatic hydroxyl groups excluding tert-OH is 2. The summed E-state index contributed by atoms with van der Waals surface area (Å²) in [7, 11) is 4.77. The van der Waals surface area contributed by atoms with Gasteiger partial charge in [-0.25, -0.2) is 0 Å². The summed E-state index contributed by atoms with van der Waals surface area (Å²) in [5.74, 6) is 1.85. The van der Waals surface area contributed by atoms with Gasteiger partial charge in [0.05, 0.1) is 34.5 Å². The number of benzene rings is 2. The Hall–Kier alpha value is -2.24. The fourth-order valence-corrected chi connectivity index (χ4v) is 3.54. The maximum atomic E-state index is 10.0. The van der Waals surface area contributed by atoms with Crippen LogP contribution in [0.2, 0.25) is 0 Å². The van der Waals surface area contributed by atoms with Crippen LogP contribution >= 0.6 is 0 Å². The van der Waals surface area contributed by atoms with Gasteiger partial charge in [0.2, 0.25) is 0 Å². The van der Waals surface area contributed by atoms with Gasteiger partial charge in [-0.3, -0.25) is 0 Å². The van der Waals surface area contributed by atoms with Crippen LogP contribution in [0.3, 0.4) is 0 Å². The monoisotopic (exact) mass is 360 g/mol. The van der Waals surface area contributed by atoms with Gasteiger partial charge in [0, 0.05) is 16.5 Å². The largest absolute Gasteiger partial charge is 0.496 e. The second-order valence-electron chi connectivity index (χ2n) is 6.70. The van der Waals surface area contributed by atoms with Crippen LogP contribution in [0.25, 0.3) is 0 Å². The molecule has 5 nitrogen and oxygen atoms in total. The molecule has 0 spiro atoms. The Morgan fingerprint density at radius 2 is 1.42 bits per heavy atom. The molecule has 2 rings (SSSR count). The number of hydrogen-bond donors (Lipinski definition) is 2. The van der Waals surface area contributed by atoms with Crippen molar-refractivity contribution in [1.82, 2.24) is 0 Å². The van der Waals surface area contributed by atoms with E-state index in [1.165, 1.54) is 0 Å². The van der Waals surface area contributed by atoms with Crippen LogP contribution in [-0.4, -0.2) is 31.5 Å². The SMILES string of the molecule is COc1ccc(C(C)(C)c2ccc(CO)c(C)c2OC)c(CO)c1OC. The molecule has 2 aromatic carbocycles. The maximum Gasteiger partial charge on any atom is 0.166 e. The van der Waals surface area contributed by atoms with Crippen LogP contribution in [0.1, 0.15) is 41.7 Å². The molecule has 0 unspecified atom stereocenters. The van der Waals surface area contributed by atoms with Crippen LogP contribution in [0, 0.1) is 6.92 Å². The molecule has 0 amide bonds. The van der Waals surface area contributed by atoms with Crippen LogP contribution in [0.15, 0.2) is 24.3 Å². The molecule has 2 aromatic rings. The highest BCUT2D eigenvalue weighted by molar-refractivity contribution is 5.58. The summed E-state index contributed by atoms with van der Waals surface area (Å²) < 4.78 is 16.5. The van der Waals surface area contributed by atoms with E-state index >= 15 is 0 Å². The Kier molecular flexibility index (Phi) is 6.16. The first-order valence-electron chi connectivity index (χ1n) is 8.50. The van der Waals surface area contributed by atoms with E-state index in [0.717, 1.165) is 28.0 Å². The molecule has 0 atom stereocenters. The Labute approximate surface area is 155 Å². The van der Waals surface area contributed by atoms with Gasteiger partial charge >= 0.3 is 0 Å². The molecule has 0 aromatic heterocycles. The normalized spacial score (nSPS) is 11.4. The van der Waals surface area contributed by atoms with E-state index in [-0.39, 0.29) is 13.2 Å². The molecule has 0 heterocycles. The summed E-state index contributed by atoms with van der Waals surface area (Å²) in [6.07, 6.45) is 0. The number of methoxy groups -OCH3 is 3. The minimum Gasteiger partial charge on any atom is -0.496 e. The highest BCUT2D eigenvalue weighted by Crippen LogP contribution is 2.45. The average Bonchev–Trinajstić information content (AvgIpc) is 2.65. The standard InChI is InChI=1S/C21H28O5/c1-13-14(11-22)7-8-17(19(13)25-5)21(2,3)16-9-10-18(24-4)20(26-6)15(16)12-23/h7-10,22-23H,11-12H2,1-6H3. The van der Waals surface area contributed by atoms with Crippen molar-refractivity contribution in [2.75, 3.05) is 21.3 Å². The fourth-order valence-electron chi connectivity index (χ4n) is 3.54. The lowest BCUT2D eigenvalue weighted by atomic mass is 9.74. The highest BCUT2D eigenvalue weighted by atomic mass is 16.5. The highest BCUT2D eigenvalue weighted by Gasteiger charge is 2.32. The van der Waals surface area contributed by atoms with Crippen LogP contribution in [0.4, 0.5) is 0 Å². The zero-order chi connectivity index (χ0) is 19.5. The van der Waals surface area contributed by atoms with Crippen molar-refractivity contribution in [3.8, 4) is 17.2 Å². The Morgan fingerprint density at radius 1 is 0.808 bits per heavy atom. The third-order valence-corrected chi connectivity index (χ3v) is 5.05. The zero-order valence-electron chi connectivity index (χ0n) is 16.3. The third-order valence-electron chi connectivity index (χ3n) is 5.05. The van der Waals surface area contributed by atoms with Gasteiger partial charge in [-0.15, -0.1) is 0 Å². The van der Waals surface area contributed by atoms with E-state index in [9.17, 15) is 10.2 Å². The molecule has 0 saturated heterocycles. The number of rotatable bonds is 7. The third kappa shape index (κ3) is 3.24. The van der Waals surface area contributed by atoms with Crippen molar-refractivity contribution >= 4 is 0 Å². The van der Waals surface area contributed by atoms with Crippen molar-refractivity contribution in [1.29, 1.82) is 0 Å². The molecule has 0 radical (unpaired) electrons. The summed E-state index contributed by atoms with van der Waals surface area (Å²) in [6, 6.07) is 7.67. The minimum absolute atomic E-state index is 0.0405. The lowest BCUT2D eigenvalue weighted by molar-refractivity contribution is 0.266. The topological polar surface area (TPSA) is 68.2 Å². The lowest BCUT2D eigenvalue weighted by Crippen LogP contribution is -2.23. The summed E-state index contributed by atoms with van der Waals surface area (Å²) in [5.41, 5.74) is 3.84. The van der Waals surface area contributed by atoms with Gasteiger partial charge in [-0.1, -0.05) is 32.0 Å². The van der Waals surface area contributed by atoms with E-state index in [1.54, 1.807) is 21.3 Å². The lowest BCUT2D eigenvalue weighted by Gasteiger charge is -2.32. The first-order chi connectivity index (χ1) is 12.4. The Bertz CT molecular complexity index is 780. The molecule has 0 saturated carbocycles. The molecule has 0 aliphatic rings. The van der Waals surface area contributed by atoms with Gasteiger partial charge in [0.15, 0.2) is 11.5 Å². The molecular weight excluding hydrogens is 332 g/mol. The van der Waals surface area contributed by atoms with Crippen molar-refractivity contribution < 1.29 is 24.4 Å². The van der Waals surface area contributed by atoms with Gasteiger partial charge in [-0.05, 0) is 29.7 Å². The van der Waals surface area contributed by atoms with Crippen molar-refractivity contribution in [3.63, 3.8) is 0 Å². The van der Waals surface area contributed by atoms with Crippen LogP contribution in [-0.2, 0) is 18.6 Å². The summed E-state index contributed by atoms with van der Waals surface area (Å²) >= 11 is 0. The number of aliphatic hydroxyl groups is 2. The van der Waals surface area contributed by atoms with Gasteiger partial charge in [0.1, 0.15) is 5.75 Å². The maximum absolute atomic E-state index is 10.0. The van der Waals surface area contributed by atoms with Crippen LogP contribution in [0.5, 0.6) is 17.2 Å². The molecule has 26 heavy (non-hydrogen) atoms. The summed E-state index contributed by atoms with van der Waals surface area (Å²) in [5, 5.41) is 19.6. The van der Waals surface area contributed by atoms with Crippen molar-refractivity contribution in [2.45, 2.75) is 39.4 Å². The van der Waals surface area contributed by atoms with E-state index in [0.29, 0.717) is 17.1 Å². The molecule has 5 heteroatoms. The van der Waals surface area contributed by atoms with E-state index in [1.807, 2.05) is 31.2 Å². The van der Waals surface area contributed by atoms with Crippen LogP contribution < -0.4 is 14.2 Å². The fraction of sp³-hybridized carbons (Fsp3) is 0.429. The second kappa shape index (κ2) is 7.98. The number of hydrogen-bond acceptors (Lipinski definition) is 5. The van der Waals surface area contributed by atoms with E-state index in [4.69, 9.17) is 14.2 Å². The first kappa shape index (κ1) is 20.1. The molecule has 142 valence electrons. The van der Waals surface area contributed by atoms with Gasteiger partial charge in [0.25, 0.3) is 0 Å². The molecule has 0 aliphatic heterocycles. The van der Waals surface area contributed by atoms with Gasteiger partial charge in [-0.2, -0.15) is 0 Å². The smallest absolute Gasteiger partial charge is 0.166 e. The Morgan fingerprint density at radius 3 is 1.92 bits per heavy atom. The van der Waals surface area contributed by atoms with Gasteiger partial charge < -0.3 is 24.4 Å². The predicted molar refractivity (Wildman–Crippen MR) is 101 cm³/mol. The van der Waals surface area contributed by atoms with E-state index in [2.05, 4.69) is 13.8 Å². The van der Waals surface area contributed by atoms with Crippen molar-refractivity contribution in [2.24, 2.45) is 0 Å². The summed E-state index contributed by atoms with van der Waals surface area (Å²) in [6.45, 7) is 5.87. The second-order valence-corrected chi connectivity index (χ2v) is 6.70. The molecule has 0 bridgehead atoms. The molecule has 0 fully saturated rings. The number of ether oxygens (including phenoxy) is 3. The summed E-state index contributed by atoms with van der Waals surface area (Å²) in [4.78, 5) is 0. The average molecular weight is 360 g/mol. The quantitative estimate of drug-likeness (QED) is 0.793. The zero-order valence-corrected chi connectivity index (χ0v) is 16.3. The molecular formula is C21H28O5. The molecule has 0 aliphatic carbocycles. The van der Waals surface area contributed by atoms with Crippen molar-refractivity contribution in [3.05, 3.63) is 52.1 Å². The van der Waals surface area contributed by atoms with E-state index < -0.39 is 5.41 Å². The minimum atomic E-state index is -0.471. The Balaban J connectivity index is 2.74. The molecule has 2 N–H and O–H groups in total. The first-order valence-corrected chi connectivity index (χ1v) is 8.50. The predicted octanol–water partition coefficient (Wildman–Crippen LogP) is 3.33.